The first-order valence-corrected chi connectivity index (χ1v) is 8.50. The third kappa shape index (κ3) is 3.80. The lowest BCUT2D eigenvalue weighted by molar-refractivity contribution is -0.136. The van der Waals surface area contributed by atoms with E-state index in [0.717, 1.165) is 0 Å². The Labute approximate surface area is 158 Å². The van der Waals surface area contributed by atoms with Gasteiger partial charge in [-0.25, -0.2) is 9.18 Å². The normalized spacial score (nSPS) is 11.0. The molecule has 7 heteroatoms. The molecule has 0 saturated heterocycles. The largest absolute Gasteiger partial charge is 0.488 e. The molecule has 0 fully saturated rings. The van der Waals surface area contributed by atoms with Crippen molar-refractivity contribution < 1.29 is 23.4 Å². The summed E-state index contributed by atoms with van der Waals surface area (Å²) in [7, 11) is 0. The summed E-state index contributed by atoms with van der Waals surface area (Å²) in [4.78, 5) is 23.1. The number of aliphatic carboxylic acids is 1. The standard InChI is InChI=1S/C20H16ClFO5/c1-10-14-4-6-17(26-9-12-7-13(22)3-5-16(12)21)11(2)19(14)27-20(25)15(10)8-18(23)24/h3-7H,8-9H2,1-2H3,(H,23,24). The van der Waals surface area contributed by atoms with E-state index in [1.807, 2.05) is 0 Å². The van der Waals surface area contributed by atoms with Gasteiger partial charge in [0.2, 0.25) is 0 Å². The van der Waals surface area contributed by atoms with Crippen molar-refractivity contribution in [3.05, 3.63) is 73.8 Å². The second kappa shape index (κ2) is 7.40. The summed E-state index contributed by atoms with van der Waals surface area (Å²) in [5.74, 6) is -1.06. The highest BCUT2D eigenvalue weighted by Crippen LogP contribution is 2.30. The number of benzene rings is 2. The smallest absolute Gasteiger partial charge is 0.340 e. The van der Waals surface area contributed by atoms with Crippen molar-refractivity contribution >= 4 is 28.5 Å². The summed E-state index contributed by atoms with van der Waals surface area (Å²) >= 11 is 6.04. The van der Waals surface area contributed by atoms with Crippen LogP contribution < -0.4 is 10.4 Å². The van der Waals surface area contributed by atoms with E-state index in [1.54, 1.807) is 26.0 Å². The van der Waals surface area contributed by atoms with Crippen molar-refractivity contribution in [3.63, 3.8) is 0 Å². The molecule has 27 heavy (non-hydrogen) atoms. The van der Waals surface area contributed by atoms with Crippen LogP contribution in [0, 0.1) is 19.7 Å². The fourth-order valence-corrected chi connectivity index (χ4v) is 3.06. The second-order valence-corrected chi connectivity index (χ2v) is 6.56. The highest BCUT2D eigenvalue weighted by molar-refractivity contribution is 6.31. The van der Waals surface area contributed by atoms with Gasteiger partial charge >= 0.3 is 11.6 Å². The summed E-state index contributed by atoms with van der Waals surface area (Å²) in [6, 6.07) is 7.41. The maximum atomic E-state index is 13.4. The highest BCUT2D eigenvalue weighted by atomic mass is 35.5. The minimum atomic E-state index is -1.10. The van der Waals surface area contributed by atoms with Gasteiger partial charge in [-0.15, -0.1) is 0 Å². The van der Waals surface area contributed by atoms with Gasteiger partial charge in [-0.05, 0) is 49.7 Å². The lowest BCUT2D eigenvalue weighted by Gasteiger charge is -2.13. The molecule has 0 atom stereocenters. The average molecular weight is 391 g/mol. The molecule has 0 aliphatic rings. The van der Waals surface area contributed by atoms with Crippen molar-refractivity contribution in [1.29, 1.82) is 0 Å². The summed E-state index contributed by atoms with van der Waals surface area (Å²) in [6.45, 7) is 3.46. The zero-order chi connectivity index (χ0) is 19.7. The van der Waals surface area contributed by atoms with Gasteiger partial charge in [0, 0.05) is 21.5 Å². The predicted octanol–water partition coefficient (Wildman–Crippen LogP) is 4.41. The molecule has 0 amide bonds. The van der Waals surface area contributed by atoms with Gasteiger partial charge in [0.15, 0.2) is 0 Å². The number of rotatable bonds is 5. The van der Waals surface area contributed by atoms with Crippen LogP contribution in [0.25, 0.3) is 11.0 Å². The zero-order valence-corrected chi connectivity index (χ0v) is 15.4. The molecule has 3 aromatic rings. The van der Waals surface area contributed by atoms with Crippen LogP contribution in [0.1, 0.15) is 22.3 Å². The average Bonchev–Trinajstić information content (AvgIpc) is 2.61. The number of carboxylic acid groups (broad SMARTS) is 1. The number of aryl methyl sites for hydroxylation is 2. The van der Waals surface area contributed by atoms with E-state index in [1.165, 1.54) is 18.2 Å². The molecule has 2 aromatic carbocycles. The summed E-state index contributed by atoms with van der Waals surface area (Å²) in [5, 5.41) is 9.99. The molecule has 1 heterocycles. The monoisotopic (exact) mass is 390 g/mol. The maximum Gasteiger partial charge on any atom is 0.340 e. The molecule has 3 rings (SSSR count). The zero-order valence-electron chi connectivity index (χ0n) is 14.6. The second-order valence-electron chi connectivity index (χ2n) is 6.15. The van der Waals surface area contributed by atoms with Crippen LogP contribution in [0.5, 0.6) is 5.75 Å². The Morgan fingerprint density at radius 2 is 1.96 bits per heavy atom. The van der Waals surface area contributed by atoms with Crippen molar-refractivity contribution in [3.8, 4) is 5.75 Å². The SMILES string of the molecule is Cc1c(CC(=O)O)c(=O)oc2c(C)c(OCc3cc(F)ccc3Cl)ccc12. The molecule has 0 saturated carbocycles. The first kappa shape index (κ1) is 18.9. The van der Waals surface area contributed by atoms with Crippen molar-refractivity contribution in [2.45, 2.75) is 26.9 Å². The third-order valence-corrected chi connectivity index (χ3v) is 4.74. The van der Waals surface area contributed by atoms with Crippen LogP contribution in [-0.2, 0) is 17.8 Å². The molecular formula is C20H16ClFO5. The minimum absolute atomic E-state index is 0.0449. The lowest BCUT2D eigenvalue weighted by Crippen LogP contribution is -2.15. The molecule has 0 radical (unpaired) electrons. The molecule has 0 bridgehead atoms. The molecule has 0 spiro atoms. The van der Waals surface area contributed by atoms with Gasteiger partial charge in [0.25, 0.3) is 0 Å². The van der Waals surface area contributed by atoms with Crippen LogP contribution in [0.2, 0.25) is 5.02 Å². The number of hydrogen-bond donors (Lipinski definition) is 1. The summed E-state index contributed by atoms with van der Waals surface area (Å²) in [6.07, 6.45) is -0.403. The van der Waals surface area contributed by atoms with E-state index in [9.17, 15) is 14.0 Å². The fraction of sp³-hybridized carbons (Fsp3) is 0.200. The number of ether oxygens (including phenoxy) is 1. The van der Waals surface area contributed by atoms with Gasteiger partial charge in [0.1, 0.15) is 23.8 Å². The van der Waals surface area contributed by atoms with E-state index >= 15 is 0 Å². The first-order chi connectivity index (χ1) is 12.8. The fourth-order valence-electron chi connectivity index (χ4n) is 2.89. The molecular weight excluding hydrogens is 375 g/mol. The quantitative estimate of drug-likeness (QED) is 0.653. The Kier molecular flexibility index (Phi) is 5.19. The van der Waals surface area contributed by atoms with E-state index < -0.39 is 23.8 Å². The van der Waals surface area contributed by atoms with Gasteiger partial charge in [-0.2, -0.15) is 0 Å². The number of hydrogen-bond acceptors (Lipinski definition) is 4. The third-order valence-electron chi connectivity index (χ3n) is 4.37. The van der Waals surface area contributed by atoms with Crippen LogP contribution in [0.3, 0.4) is 0 Å². The molecule has 0 unspecified atom stereocenters. The topological polar surface area (TPSA) is 76.7 Å². The van der Waals surface area contributed by atoms with Crippen LogP contribution in [-0.4, -0.2) is 11.1 Å². The molecule has 0 aliphatic carbocycles. The van der Waals surface area contributed by atoms with Gasteiger partial charge in [-0.3, -0.25) is 4.79 Å². The van der Waals surface area contributed by atoms with Crippen LogP contribution in [0.15, 0.2) is 39.5 Å². The molecule has 1 aromatic heterocycles. The highest BCUT2D eigenvalue weighted by Gasteiger charge is 2.17. The van der Waals surface area contributed by atoms with Crippen molar-refractivity contribution in [2.24, 2.45) is 0 Å². The van der Waals surface area contributed by atoms with Crippen LogP contribution in [0.4, 0.5) is 4.39 Å². The molecule has 1 N–H and O–H groups in total. The van der Waals surface area contributed by atoms with Crippen molar-refractivity contribution in [2.75, 3.05) is 0 Å². The lowest BCUT2D eigenvalue weighted by atomic mass is 10.0. The summed E-state index contributed by atoms with van der Waals surface area (Å²) in [5.41, 5.74) is 1.40. The Morgan fingerprint density at radius 1 is 1.22 bits per heavy atom. The van der Waals surface area contributed by atoms with E-state index in [0.29, 0.717) is 38.4 Å². The number of fused-ring (bicyclic) bond motifs is 1. The minimum Gasteiger partial charge on any atom is -0.488 e. The number of carbonyl (C=O) groups is 1. The maximum absolute atomic E-state index is 13.4. The first-order valence-electron chi connectivity index (χ1n) is 8.12. The molecule has 140 valence electrons. The van der Waals surface area contributed by atoms with Gasteiger partial charge in [-0.1, -0.05) is 11.6 Å². The Morgan fingerprint density at radius 3 is 2.67 bits per heavy atom. The summed E-state index contributed by atoms with van der Waals surface area (Å²) < 4.78 is 24.5. The molecule has 5 nitrogen and oxygen atoms in total. The number of carboxylic acids is 1. The van der Waals surface area contributed by atoms with Crippen molar-refractivity contribution in [1.82, 2.24) is 0 Å². The number of halogens is 2. The predicted molar refractivity (Wildman–Crippen MR) is 99.0 cm³/mol. The van der Waals surface area contributed by atoms with E-state index in [4.69, 9.17) is 25.9 Å². The Bertz CT molecular complexity index is 1100. The van der Waals surface area contributed by atoms with Gasteiger partial charge < -0.3 is 14.3 Å². The Balaban J connectivity index is 1.99. The molecule has 0 aliphatic heterocycles. The Hall–Kier alpha value is -2.86. The van der Waals surface area contributed by atoms with E-state index in [-0.39, 0.29) is 12.2 Å². The van der Waals surface area contributed by atoms with E-state index in [2.05, 4.69) is 0 Å². The van der Waals surface area contributed by atoms with Gasteiger partial charge in [0.05, 0.1) is 12.0 Å². The van der Waals surface area contributed by atoms with Crippen LogP contribution >= 0.6 is 11.6 Å².